The van der Waals surface area contributed by atoms with Crippen LogP contribution >= 0.6 is 0 Å². The number of benzene rings is 1. The third kappa shape index (κ3) is 2.70. The molecule has 2 N–H and O–H groups in total. The van der Waals surface area contributed by atoms with Crippen LogP contribution in [0.4, 0.5) is 0 Å². The summed E-state index contributed by atoms with van der Waals surface area (Å²) >= 11 is 0. The van der Waals surface area contributed by atoms with E-state index in [0.717, 1.165) is 16.9 Å². The third-order valence-electron chi connectivity index (χ3n) is 2.97. The molecule has 0 radical (unpaired) electrons. The Kier molecular flexibility index (Phi) is 3.11. The van der Waals surface area contributed by atoms with Crippen LogP contribution in [0.3, 0.4) is 0 Å². The molecule has 0 aliphatic rings. The maximum atomic E-state index is 10.5. The Bertz CT molecular complexity index is 579. The van der Waals surface area contributed by atoms with Crippen LogP contribution in [-0.4, -0.2) is 21.0 Å². The molecule has 0 saturated heterocycles. The van der Waals surface area contributed by atoms with Crippen molar-refractivity contribution in [3.8, 4) is 0 Å². The number of aryl methyl sites for hydroxylation is 1. The SMILES string of the molecule is CC(C)(C)c1ccc2nc(CCC(=O)O)[nH]c2c1. The fourth-order valence-corrected chi connectivity index (χ4v) is 1.87. The lowest BCUT2D eigenvalue weighted by atomic mass is 9.87. The van der Waals surface area contributed by atoms with E-state index in [1.807, 2.05) is 6.07 Å². The number of fused-ring (bicyclic) bond motifs is 1. The summed E-state index contributed by atoms with van der Waals surface area (Å²) in [6.07, 6.45) is 0.542. The first kappa shape index (κ1) is 12.6. The second kappa shape index (κ2) is 4.44. The Morgan fingerprint density at radius 2 is 2.11 bits per heavy atom. The summed E-state index contributed by atoms with van der Waals surface area (Å²) in [5.41, 5.74) is 3.20. The van der Waals surface area contributed by atoms with Gasteiger partial charge in [-0.25, -0.2) is 4.98 Å². The van der Waals surface area contributed by atoms with Crippen LogP contribution in [-0.2, 0) is 16.6 Å². The molecule has 0 aliphatic heterocycles. The van der Waals surface area contributed by atoms with Crippen LogP contribution in [0.1, 0.15) is 38.6 Å². The van der Waals surface area contributed by atoms with E-state index in [9.17, 15) is 4.79 Å². The summed E-state index contributed by atoms with van der Waals surface area (Å²) in [7, 11) is 0. The molecule has 0 saturated carbocycles. The highest BCUT2D eigenvalue weighted by molar-refractivity contribution is 5.76. The number of aromatic nitrogens is 2. The number of carbonyl (C=O) groups is 1. The van der Waals surface area contributed by atoms with Crippen molar-refractivity contribution in [2.24, 2.45) is 0 Å². The average molecular weight is 246 g/mol. The van der Waals surface area contributed by atoms with Gasteiger partial charge in [0.05, 0.1) is 17.5 Å². The van der Waals surface area contributed by atoms with Crippen molar-refractivity contribution in [3.05, 3.63) is 29.6 Å². The van der Waals surface area contributed by atoms with Crippen LogP contribution in [0.5, 0.6) is 0 Å². The van der Waals surface area contributed by atoms with Crippen molar-refractivity contribution in [2.45, 2.75) is 39.0 Å². The Labute approximate surface area is 106 Å². The molecule has 4 heteroatoms. The molecule has 2 aromatic rings. The predicted molar refractivity (Wildman–Crippen MR) is 70.8 cm³/mol. The maximum absolute atomic E-state index is 10.5. The van der Waals surface area contributed by atoms with Gasteiger partial charge >= 0.3 is 5.97 Å². The van der Waals surface area contributed by atoms with Gasteiger partial charge in [0.1, 0.15) is 5.82 Å². The number of H-pyrrole nitrogens is 1. The normalized spacial score (nSPS) is 11.9. The van der Waals surface area contributed by atoms with Gasteiger partial charge in [0.2, 0.25) is 0 Å². The standard InChI is InChI=1S/C14H18N2O2/c1-14(2,3)9-4-5-10-11(8-9)16-12(15-10)6-7-13(17)18/h4-5,8H,6-7H2,1-3H3,(H,15,16)(H,17,18). The topological polar surface area (TPSA) is 66.0 Å². The lowest BCUT2D eigenvalue weighted by Gasteiger charge is -2.18. The van der Waals surface area contributed by atoms with E-state index in [4.69, 9.17) is 5.11 Å². The average Bonchev–Trinajstić information content (AvgIpc) is 2.66. The zero-order valence-corrected chi connectivity index (χ0v) is 10.9. The van der Waals surface area contributed by atoms with Gasteiger partial charge in [-0.3, -0.25) is 4.79 Å². The number of nitrogens with zero attached hydrogens (tertiary/aromatic N) is 1. The van der Waals surface area contributed by atoms with E-state index in [1.54, 1.807) is 0 Å². The summed E-state index contributed by atoms with van der Waals surface area (Å²) in [5.74, 6) is -0.0655. The smallest absolute Gasteiger partial charge is 0.303 e. The fraction of sp³-hybridized carbons (Fsp3) is 0.429. The summed E-state index contributed by atoms with van der Waals surface area (Å²) in [6.45, 7) is 6.49. The number of aliphatic carboxylic acids is 1. The molecule has 0 atom stereocenters. The molecule has 0 bridgehead atoms. The highest BCUT2D eigenvalue weighted by atomic mass is 16.4. The number of carboxylic acids is 1. The van der Waals surface area contributed by atoms with Gasteiger partial charge in [-0.1, -0.05) is 26.8 Å². The number of carboxylic acid groups (broad SMARTS) is 1. The van der Waals surface area contributed by atoms with Gasteiger partial charge in [0.15, 0.2) is 0 Å². The van der Waals surface area contributed by atoms with Crippen LogP contribution in [0, 0.1) is 0 Å². The quantitative estimate of drug-likeness (QED) is 0.875. The molecule has 2 rings (SSSR count). The second-order valence-corrected chi connectivity index (χ2v) is 5.56. The Balaban J connectivity index is 2.31. The molecule has 0 spiro atoms. The van der Waals surface area contributed by atoms with E-state index in [0.29, 0.717) is 6.42 Å². The van der Waals surface area contributed by atoms with Gasteiger partial charge in [-0.05, 0) is 23.1 Å². The first-order valence-electron chi connectivity index (χ1n) is 6.07. The van der Waals surface area contributed by atoms with Crippen LogP contribution in [0.25, 0.3) is 11.0 Å². The van der Waals surface area contributed by atoms with Crippen LogP contribution in [0.15, 0.2) is 18.2 Å². The van der Waals surface area contributed by atoms with Crippen molar-refractivity contribution in [3.63, 3.8) is 0 Å². The number of rotatable bonds is 3. The molecule has 0 amide bonds. The Hall–Kier alpha value is -1.84. The van der Waals surface area contributed by atoms with Gasteiger partial charge in [-0.15, -0.1) is 0 Å². The lowest BCUT2D eigenvalue weighted by molar-refractivity contribution is -0.137. The number of imidazole rings is 1. The van der Waals surface area contributed by atoms with Gasteiger partial charge < -0.3 is 10.1 Å². The zero-order chi connectivity index (χ0) is 13.3. The number of hydrogen-bond acceptors (Lipinski definition) is 2. The Morgan fingerprint density at radius 3 is 2.72 bits per heavy atom. The molecular weight excluding hydrogens is 228 g/mol. The molecule has 1 aromatic heterocycles. The summed E-state index contributed by atoms with van der Waals surface area (Å²) < 4.78 is 0. The first-order chi connectivity index (χ1) is 8.36. The van der Waals surface area contributed by atoms with Gasteiger partial charge in [-0.2, -0.15) is 0 Å². The minimum Gasteiger partial charge on any atom is -0.481 e. The highest BCUT2D eigenvalue weighted by Crippen LogP contribution is 2.25. The number of hydrogen-bond donors (Lipinski definition) is 2. The highest BCUT2D eigenvalue weighted by Gasteiger charge is 2.15. The van der Waals surface area contributed by atoms with E-state index >= 15 is 0 Å². The summed E-state index contributed by atoms with van der Waals surface area (Å²) in [4.78, 5) is 18.1. The van der Waals surface area contributed by atoms with Gasteiger partial charge in [0, 0.05) is 6.42 Å². The van der Waals surface area contributed by atoms with Crippen molar-refractivity contribution >= 4 is 17.0 Å². The first-order valence-corrected chi connectivity index (χ1v) is 6.07. The van der Waals surface area contributed by atoms with Crippen molar-refractivity contribution < 1.29 is 9.90 Å². The predicted octanol–water partition coefficient (Wildman–Crippen LogP) is 2.88. The molecule has 96 valence electrons. The minimum atomic E-state index is -0.800. The van der Waals surface area contributed by atoms with Crippen molar-refractivity contribution in [2.75, 3.05) is 0 Å². The van der Waals surface area contributed by atoms with Crippen LogP contribution < -0.4 is 0 Å². The van der Waals surface area contributed by atoms with E-state index in [2.05, 4.69) is 42.9 Å². The minimum absolute atomic E-state index is 0.0977. The fourth-order valence-electron chi connectivity index (χ4n) is 1.87. The molecule has 0 unspecified atom stereocenters. The summed E-state index contributed by atoms with van der Waals surface area (Å²) in [6, 6.07) is 6.15. The third-order valence-corrected chi connectivity index (χ3v) is 2.97. The molecule has 18 heavy (non-hydrogen) atoms. The molecule has 0 fully saturated rings. The summed E-state index contributed by atoms with van der Waals surface area (Å²) in [5, 5.41) is 8.66. The number of aromatic amines is 1. The van der Waals surface area contributed by atoms with E-state index in [-0.39, 0.29) is 11.8 Å². The zero-order valence-electron chi connectivity index (χ0n) is 10.9. The van der Waals surface area contributed by atoms with E-state index in [1.165, 1.54) is 5.56 Å². The van der Waals surface area contributed by atoms with Crippen LogP contribution in [0.2, 0.25) is 0 Å². The van der Waals surface area contributed by atoms with Crippen molar-refractivity contribution in [1.82, 2.24) is 9.97 Å². The monoisotopic (exact) mass is 246 g/mol. The molecule has 1 aromatic carbocycles. The molecule has 4 nitrogen and oxygen atoms in total. The molecular formula is C14H18N2O2. The van der Waals surface area contributed by atoms with Gasteiger partial charge in [0.25, 0.3) is 0 Å². The van der Waals surface area contributed by atoms with Crippen molar-refractivity contribution in [1.29, 1.82) is 0 Å². The molecule has 0 aliphatic carbocycles. The Morgan fingerprint density at radius 1 is 1.39 bits per heavy atom. The van der Waals surface area contributed by atoms with E-state index < -0.39 is 5.97 Å². The maximum Gasteiger partial charge on any atom is 0.303 e. The largest absolute Gasteiger partial charge is 0.481 e. The number of nitrogens with one attached hydrogen (secondary N) is 1. The lowest BCUT2D eigenvalue weighted by Crippen LogP contribution is -2.10. The second-order valence-electron chi connectivity index (χ2n) is 5.56. The molecule has 1 heterocycles.